The van der Waals surface area contributed by atoms with E-state index in [1.54, 1.807) is 43.5 Å². The smallest absolute Gasteiger partial charge is 0.343 e. The zero-order chi connectivity index (χ0) is 23.2. The van der Waals surface area contributed by atoms with Gasteiger partial charge in [-0.3, -0.25) is 0 Å². The minimum atomic E-state index is -0.400. The van der Waals surface area contributed by atoms with Gasteiger partial charge in [-0.15, -0.1) is 0 Å². The molecule has 0 aromatic heterocycles. The number of benzene rings is 3. The molecule has 1 unspecified atom stereocenters. The predicted molar refractivity (Wildman–Crippen MR) is 129 cm³/mol. The highest BCUT2D eigenvalue weighted by Gasteiger charge is 2.19. The lowest BCUT2D eigenvalue weighted by Crippen LogP contribution is -2.26. The molecule has 33 heavy (non-hydrogen) atoms. The minimum absolute atomic E-state index is 0.400. The van der Waals surface area contributed by atoms with Gasteiger partial charge in [0.1, 0.15) is 23.9 Å². The maximum Gasteiger partial charge on any atom is 0.343 e. The van der Waals surface area contributed by atoms with Gasteiger partial charge in [-0.25, -0.2) is 4.79 Å². The Morgan fingerprint density at radius 1 is 0.909 bits per heavy atom. The van der Waals surface area contributed by atoms with Crippen molar-refractivity contribution in [3.05, 3.63) is 89.0 Å². The number of nitrogens with zero attached hydrogens (tertiary/aromatic N) is 1. The van der Waals surface area contributed by atoms with Crippen molar-refractivity contribution in [1.82, 2.24) is 4.90 Å². The van der Waals surface area contributed by atoms with E-state index in [4.69, 9.17) is 14.2 Å². The average molecular weight is 446 g/mol. The molecular formula is C28H31NO4. The van der Waals surface area contributed by atoms with Crippen LogP contribution in [0.25, 0.3) is 0 Å². The Morgan fingerprint density at radius 3 is 2.30 bits per heavy atom. The number of esters is 1. The minimum Gasteiger partial charge on any atom is -0.497 e. The standard InChI is InChI=1S/C28H31NO4/c1-29(2)18-21-4-7-24-17-27(15-10-23(24)16-21)32-19-20-5-11-26(12-6-20)33-28(30)22-8-13-25(31-3)14-9-22/h5-6,8-15,17,21H,4,7,16,18-19H2,1-3H3. The summed E-state index contributed by atoms with van der Waals surface area (Å²) >= 11 is 0. The summed E-state index contributed by atoms with van der Waals surface area (Å²) in [4.78, 5) is 14.6. The molecule has 0 heterocycles. The molecule has 1 atom stereocenters. The normalized spacial score (nSPS) is 15.1. The molecule has 1 aliphatic rings. The first-order chi connectivity index (χ1) is 16.0. The first-order valence-electron chi connectivity index (χ1n) is 11.3. The predicted octanol–water partition coefficient (Wildman–Crippen LogP) is 5.16. The summed E-state index contributed by atoms with van der Waals surface area (Å²) in [6.07, 6.45) is 3.48. The van der Waals surface area contributed by atoms with Gasteiger partial charge >= 0.3 is 5.97 Å². The molecule has 172 valence electrons. The third kappa shape index (κ3) is 6.14. The summed E-state index contributed by atoms with van der Waals surface area (Å²) in [6.45, 7) is 1.61. The number of rotatable bonds is 8. The molecule has 0 N–H and O–H groups in total. The van der Waals surface area contributed by atoms with Crippen molar-refractivity contribution in [2.75, 3.05) is 27.7 Å². The number of carbonyl (C=O) groups is 1. The molecule has 0 saturated carbocycles. The van der Waals surface area contributed by atoms with Crippen LogP contribution >= 0.6 is 0 Å². The Morgan fingerprint density at radius 2 is 1.61 bits per heavy atom. The molecule has 0 amide bonds. The number of hydrogen-bond acceptors (Lipinski definition) is 5. The van der Waals surface area contributed by atoms with E-state index in [0.29, 0.717) is 23.7 Å². The maximum atomic E-state index is 12.3. The molecule has 1 aliphatic carbocycles. The van der Waals surface area contributed by atoms with Crippen LogP contribution < -0.4 is 14.2 Å². The summed E-state index contributed by atoms with van der Waals surface area (Å²) in [6, 6.07) is 20.7. The van der Waals surface area contributed by atoms with E-state index < -0.39 is 5.97 Å². The Balaban J connectivity index is 1.30. The van der Waals surface area contributed by atoms with Crippen molar-refractivity contribution < 1.29 is 19.0 Å². The first-order valence-corrected chi connectivity index (χ1v) is 11.3. The highest BCUT2D eigenvalue weighted by atomic mass is 16.5. The van der Waals surface area contributed by atoms with E-state index in [2.05, 4.69) is 37.2 Å². The summed E-state index contributed by atoms with van der Waals surface area (Å²) in [5, 5.41) is 0. The van der Waals surface area contributed by atoms with E-state index in [0.717, 1.165) is 36.6 Å². The second-order valence-electron chi connectivity index (χ2n) is 8.85. The fraction of sp³-hybridized carbons (Fsp3) is 0.321. The van der Waals surface area contributed by atoms with Gasteiger partial charge in [0.15, 0.2) is 0 Å². The molecular weight excluding hydrogens is 414 g/mol. The third-order valence-corrected chi connectivity index (χ3v) is 6.00. The quantitative estimate of drug-likeness (QED) is 0.354. The van der Waals surface area contributed by atoms with E-state index in [1.807, 2.05) is 12.1 Å². The molecule has 0 bridgehead atoms. The van der Waals surface area contributed by atoms with Gasteiger partial charge in [0.25, 0.3) is 0 Å². The Kier molecular flexibility index (Phi) is 7.30. The molecule has 0 saturated heterocycles. The van der Waals surface area contributed by atoms with Crippen molar-refractivity contribution in [3.63, 3.8) is 0 Å². The fourth-order valence-electron chi connectivity index (χ4n) is 4.28. The highest BCUT2D eigenvalue weighted by molar-refractivity contribution is 5.91. The van der Waals surface area contributed by atoms with Crippen LogP contribution in [0.15, 0.2) is 66.7 Å². The van der Waals surface area contributed by atoms with Crippen molar-refractivity contribution in [3.8, 4) is 17.2 Å². The molecule has 0 radical (unpaired) electrons. The van der Waals surface area contributed by atoms with Crippen LogP contribution in [0.1, 0.15) is 33.5 Å². The van der Waals surface area contributed by atoms with Crippen LogP contribution in [0.3, 0.4) is 0 Å². The summed E-state index contributed by atoms with van der Waals surface area (Å²) in [5.74, 6) is 2.43. The molecule has 0 aliphatic heterocycles. The van der Waals surface area contributed by atoms with Gasteiger partial charge in [-0.1, -0.05) is 18.2 Å². The van der Waals surface area contributed by atoms with Crippen LogP contribution in [0.5, 0.6) is 17.2 Å². The number of fused-ring (bicyclic) bond motifs is 1. The fourth-order valence-corrected chi connectivity index (χ4v) is 4.28. The highest BCUT2D eigenvalue weighted by Crippen LogP contribution is 2.29. The lowest BCUT2D eigenvalue weighted by atomic mass is 9.83. The van der Waals surface area contributed by atoms with E-state index in [1.165, 1.54) is 17.5 Å². The zero-order valence-electron chi connectivity index (χ0n) is 19.5. The monoisotopic (exact) mass is 445 g/mol. The van der Waals surface area contributed by atoms with Crippen molar-refractivity contribution in [1.29, 1.82) is 0 Å². The van der Waals surface area contributed by atoms with Crippen LogP contribution in [0, 0.1) is 5.92 Å². The lowest BCUT2D eigenvalue weighted by Gasteiger charge is -2.27. The molecule has 3 aromatic carbocycles. The number of hydrogen-bond donors (Lipinski definition) is 0. The average Bonchev–Trinajstić information content (AvgIpc) is 2.83. The van der Waals surface area contributed by atoms with E-state index in [-0.39, 0.29) is 0 Å². The SMILES string of the molecule is COc1ccc(C(=O)Oc2ccc(COc3ccc4c(c3)CCC(CN(C)C)C4)cc2)cc1. The number of methoxy groups -OCH3 is 1. The van der Waals surface area contributed by atoms with Gasteiger partial charge in [0.05, 0.1) is 12.7 Å². The summed E-state index contributed by atoms with van der Waals surface area (Å²) in [5.41, 5.74) is 4.35. The second-order valence-corrected chi connectivity index (χ2v) is 8.85. The topological polar surface area (TPSA) is 48.0 Å². The molecule has 4 rings (SSSR count). The number of ether oxygens (including phenoxy) is 3. The molecule has 3 aromatic rings. The zero-order valence-corrected chi connectivity index (χ0v) is 19.5. The second kappa shape index (κ2) is 10.5. The lowest BCUT2D eigenvalue weighted by molar-refractivity contribution is 0.0734. The third-order valence-electron chi connectivity index (χ3n) is 6.00. The van der Waals surface area contributed by atoms with Crippen LogP contribution in [-0.4, -0.2) is 38.6 Å². The van der Waals surface area contributed by atoms with Gasteiger partial charge in [-0.2, -0.15) is 0 Å². The first kappa shape index (κ1) is 22.9. The van der Waals surface area contributed by atoms with Crippen molar-refractivity contribution in [2.24, 2.45) is 5.92 Å². The van der Waals surface area contributed by atoms with Crippen LogP contribution in [0.2, 0.25) is 0 Å². The van der Waals surface area contributed by atoms with Gasteiger partial charge in [0.2, 0.25) is 0 Å². The largest absolute Gasteiger partial charge is 0.497 e. The molecule has 5 heteroatoms. The molecule has 5 nitrogen and oxygen atoms in total. The maximum absolute atomic E-state index is 12.3. The van der Waals surface area contributed by atoms with Crippen molar-refractivity contribution in [2.45, 2.75) is 25.9 Å². The van der Waals surface area contributed by atoms with Crippen LogP contribution in [0.4, 0.5) is 0 Å². The number of carbonyl (C=O) groups excluding carboxylic acids is 1. The van der Waals surface area contributed by atoms with Crippen molar-refractivity contribution >= 4 is 5.97 Å². The van der Waals surface area contributed by atoms with Crippen LogP contribution in [-0.2, 0) is 19.4 Å². The Hall–Kier alpha value is -3.31. The summed E-state index contributed by atoms with van der Waals surface area (Å²) < 4.78 is 16.6. The molecule has 0 fully saturated rings. The Bertz CT molecular complexity index is 1070. The van der Waals surface area contributed by atoms with Gasteiger partial charge in [-0.05, 0) is 104 Å². The van der Waals surface area contributed by atoms with E-state index >= 15 is 0 Å². The van der Waals surface area contributed by atoms with E-state index in [9.17, 15) is 4.79 Å². The molecule has 0 spiro atoms. The van der Waals surface area contributed by atoms with Gasteiger partial charge < -0.3 is 19.1 Å². The summed E-state index contributed by atoms with van der Waals surface area (Å²) in [7, 11) is 5.87. The Labute approximate surface area is 195 Å². The number of aryl methyl sites for hydroxylation is 1. The van der Waals surface area contributed by atoms with Gasteiger partial charge in [0, 0.05) is 6.54 Å².